The number of ether oxygens (including phenoxy) is 1. The molecule has 0 saturated heterocycles. The summed E-state index contributed by atoms with van der Waals surface area (Å²) in [5.74, 6) is 0. The Morgan fingerprint density at radius 1 is 1.43 bits per heavy atom. The lowest BCUT2D eigenvalue weighted by Gasteiger charge is -2.20. The van der Waals surface area contributed by atoms with Crippen LogP contribution in [0.4, 0.5) is 0 Å². The van der Waals surface area contributed by atoms with Crippen LogP contribution in [0.15, 0.2) is 35.3 Å². The molecule has 0 amide bonds. The molecule has 1 aromatic rings. The fourth-order valence-corrected chi connectivity index (χ4v) is 1.52. The van der Waals surface area contributed by atoms with E-state index < -0.39 is 5.54 Å². The first kappa shape index (κ1) is 8.76. The van der Waals surface area contributed by atoms with Crippen LogP contribution in [0, 0.1) is 11.3 Å². The molecule has 2 unspecified atom stereocenters. The Morgan fingerprint density at radius 3 is 2.79 bits per heavy atom. The van der Waals surface area contributed by atoms with Crippen LogP contribution < -0.4 is 0 Å². The minimum absolute atomic E-state index is 0.284. The topological polar surface area (TPSA) is 45.4 Å². The van der Waals surface area contributed by atoms with E-state index in [0.29, 0.717) is 0 Å². The molecule has 2 rings (SSSR count). The molecule has 2 atom stereocenters. The van der Waals surface area contributed by atoms with E-state index in [1.165, 1.54) is 6.40 Å². The molecule has 0 aromatic heterocycles. The van der Waals surface area contributed by atoms with E-state index in [-0.39, 0.29) is 6.10 Å². The second-order valence-corrected chi connectivity index (χ2v) is 3.42. The molecule has 3 nitrogen and oxygen atoms in total. The van der Waals surface area contributed by atoms with E-state index in [0.717, 1.165) is 5.56 Å². The first-order valence-corrected chi connectivity index (χ1v) is 4.41. The smallest absolute Gasteiger partial charge is 0.188 e. The van der Waals surface area contributed by atoms with Crippen molar-refractivity contribution in [2.45, 2.75) is 18.6 Å². The molecule has 70 valence electrons. The zero-order chi connectivity index (χ0) is 10.0. The van der Waals surface area contributed by atoms with Crippen LogP contribution in [0.1, 0.15) is 18.6 Å². The van der Waals surface area contributed by atoms with Gasteiger partial charge in [-0.05, 0) is 12.5 Å². The zero-order valence-electron chi connectivity index (χ0n) is 7.84. The quantitative estimate of drug-likeness (QED) is 0.674. The SMILES string of the molecule is CC1(C#N)N=COC1c1ccccc1. The van der Waals surface area contributed by atoms with Gasteiger partial charge < -0.3 is 4.74 Å². The van der Waals surface area contributed by atoms with Crippen molar-refractivity contribution < 1.29 is 4.74 Å². The van der Waals surface area contributed by atoms with Gasteiger partial charge in [0.05, 0.1) is 6.07 Å². The molecule has 1 aliphatic rings. The Hall–Kier alpha value is -1.82. The number of nitriles is 1. The summed E-state index contributed by atoms with van der Waals surface area (Å²) in [7, 11) is 0. The van der Waals surface area contributed by atoms with Crippen LogP contribution in [0.5, 0.6) is 0 Å². The van der Waals surface area contributed by atoms with Gasteiger partial charge in [0.2, 0.25) is 0 Å². The summed E-state index contributed by atoms with van der Waals surface area (Å²) in [5.41, 5.74) is 0.190. The molecule has 1 aliphatic heterocycles. The highest BCUT2D eigenvalue weighted by atomic mass is 16.5. The highest BCUT2D eigenvalue weighted by Gasteiger charge is 2.40. The second kappa shape index (κ2) is 3.15. The molecular formula is C11H10N2O. The largest absolute Gasteiger partial charge is 0.472 e. The Labute approximate surface area is 82.7 Å². The molecule has 3 heteroatoms. The van der Waals surface area contributed by atoms with Gasteiger partial charge in [0.15, 0.2) is 18.0 Å². The molecule has 0 N–H and O–H groups in total. The van der Waals surface area contributed by atoms with Gasteiger partial charge in [-0.3, -0.25) is 0 Å². The number of rotatable bonds is 1. The molecule has 1 heterocycles. The van der Waals surface area contributed by atoms with Crippen molar-refractivity contribution in [2.75, 3.05) is 0 Å². The van der Waals surface area contributed by atoms with E-state index in [1.807, 2.05) is 30.3 Å². The van der Waals surface area contributed by atoms with E-state index in [9.17, 15) is 0 Å². The molecular weight excluding hydrogens is 176 g/mol. The Kier molecular flexibility index (Phi) is 1.97. The van der Waals surface area contributed by atoms with E-state index in [2.05, 4.69) is 11.1 Å². The number of hydrogen-bond donors (Lipinski definition) is 0. The molecule has 0 spiro atoms. The van der Waals surface area contributed by atoms with Gasteiger partial charge in [0.1, 0.15) is 0 Å². The summed E-state index contributed by atoms with van der Waals surface area (Å²) in [6.07, 6.45) is 1.08. The monoisotopic (exact) mass is 186 g/mol. The van der Waals surface area contributed by atoms with Crippen LogP contribution in [-0.4, -0.2) is 11.9 Å². The normalized spacial score (nSPS) is 29.6. The minimum Gasteiger partial charge on any atom is -0.472 e. The minimum atomic E-state index is -0.790. The van der Waals surface area contributed by atoms with Gasteiger partial charge in [0, 0.05) is 0 Å². The zero-order valence-corrected chi connectivity index (χ0v) is 7.84. The average molecular weight is 186 g/mol. The lowest BCUT2D eigenvalue weighted by atomic mass is 9.92. The van der Waals surface area contributed by atoms with E-state index >= 15 is 0 Å². The van der Waals surface area contributed by atoms with Gasteiger partial charge in [-0.2, -0.15) is 5.26 Å². The van der Waals surface area contributed by atoms with E-state index in [4.69, 9.17) is 10.00 Å². The summed E-state index contributed by atoms with van der Waals surface area (Å²) in [6, 6.07) is 11.8. The summed E-state index contributed by atoms with van der Waals surface area (Å²) < 4.78 is 5.33. The fourth-order valence-electron chi connectivity index (χ4n) is 1.52. The standard InChI is InChI=1S/C11H10N2O/c1-11(7-12)10(14-8-13-11)9-5-3-2-4-6-9/h2-6,8,10H,1H3. The maximum absolute atomic E-state index is 9.01. The third-order valence-electron chi connectivity index (χ3n) is 2.36. The van der Waals surface area contributed by atoms with Crippen LogP contribution in [0.2, 0.25) is 0 Å². The van der Waals surface area contributed by atoms with Gasteiger partial charge in [-0.15, -0.1) is 0 Å². The Morgan fingerprint density at radius 2 is 2.14 bits per heavy atom. The van der Waals surface area contributed by atoms with Gasteiger partial charge in [-0.25, -0.2) is 4.99 Å². The van der Waals surface area contributed by atoms with Crippen molar-refractivity contribution in [3.05, 3.63) is 35.9 Å². The third kappa shape index (κ3) is 1.25. The van der Waals surface area contributed by atoms with Crippen molar-refractivity contribution in [1.82, 2.24) is 0 Å². The highest BCUT2D eigenvalue weighted by molar-refractivity contribution is 5.54. The second-order valence-electron chi connectivity index (χ2n) is 3.42. The highest BCUT2D eigenvalue weighted by Crippen LogP contribution is 2.35. The number of hydrogen-bond acceptors (Lipinski definition) is 3. The summed E-state index contributed by atoms with van der Waals surface area (Å²) >= 11 is 0. The molecule has 0 saturated carbocycles. The molecule has 0 bridgehead atoms. The average Bonchev–Trinajstić information content (AvgIpc) is 2.63. The van der Waals surface area contributed by atoms with Crippen molar-refractivity contribution in [3.8, 4) is 6.07 Å². The number of benzene rings is 1. The third-order valence-corrected chi connectivity index (χ3v) is 2.36. The molecule has 0 radical (unpaired) electrons. The Bertz CT molecular complexity index is 393. The molecule has 1 aromatic carbocycles. The van der Waals surface area contributed by atoms with Gasteiger partial charge in [-0.1, -0.05) is 30.3 Å². The maximum Gasteiger partial charge on any atom is 0.188 e. The predicted molar refractivity (Wildman–Crippen MR) is 52.8 cm³/mol. The number of nitrogens with zero attached hydrogens (tertiary/aromatic N) is 2. The lowest BCUT2D eigenvalue weighted by molar-refractivity contribution is 0.182. The van der Waals surface area contributed by atoms with Crippen molar-refractivity contribution in [2.24, 2.45) is 4.99 Å². The van der Waals surface area contributed by atoms with Crippen molar-refractivity contribution >= 4 is 6.40 Å². The first-order chi connectivity index (χ1) is 6.76. The number of aliphatic imine (C=N–C) groups is 1. The van der Waals surface area contributed by atoms with Crippen molar-refractivity contribution in [3.63, 3.8) is 0 Å². The summed E-state index contributed by atoms with van der Waals surface area (Å²) in [4.78, 5) is 4.04. The van der Waals surface area contributed by atoms with Gasteiger partial charge >= 0.3 is 0 Å². The van der Waals surface area contributed by atoms with Gasteiger partial charge in [0.25, 0.3) is 0 Å². The lowest BCUT2D eigenvalue weighted by Crippen LogP contribution is -2.25. The Balaban J connectivity index is 2.35. The van der Waals surface area contributed by atoms with Crippen LogP contribution in [0.25, 0.3) is 0 Å². The first-order valence-electron chi connectivity index (χ1n) is 4.41. The van der Waals surface area contributed by atoms with Crippen LogP contribution >= 0.6 is 0 Å². The maximum atomic E-state index is 9.01. The summed E-state index contributed by atoms with van der Waals surface area (Å²) in [6.45, 7) is 1.77. The van der Waals surface area contributed by atoms with Crippen molar-refractivity contribution in [1.29, 1.82) is 5.26 Å². The predicted octanol–water partition coefficient (Wildman–Crippen LogP) is 2.07. The van der Waals surface area contributed by atoms with Crippen LogP contribution in [0.3, 0.4) is 0 Å². The molecule has 0 aliphatic carbocycles. The fraction of sp³-hybridized carbons (Fsp3) is 0.273. The molecule has 14 heavy (non-hydrogen) atoms. The summed E-state index contributed by atoms with van der Waals surface area (Å²) in [5, 5.41) is 9.01. The van der Waals surface area contributed by atoms with Crippen LogP contribution in [-0.2, 0) is 4.74 Å². The molecule has 0 fully saturated rings. The van der Waals surface area contributed by atoms with E-state index in [1.54, 1.807) is 6.92 Å².